The average molecular weight is 354 g/mol. The van der Waals surface area contributed by atoms with Gasteiger partial charge in [0, 0.05) is 38.8 Å². The summed E-state index contributed by atoms with van der Waals surface area (Å²) in [7, 11) is 2.08. The van der Waals surface area contributed by atoms with E-state index in [2.05, 4.69) is 40.7 Å². The summed E-state index contributed by atoms with van der Waals surface area (Å²) in [5.74, 6) is 2.51. The lowest BCUT2D eigenvalue weighted by atomic mass is 9.89. The number of likely N-dealkylation sites (tertiary alicyclic amines) is 1. The number of carbonyl (C=O) groups is 3. The summed E-state index contributed by atoms with van der Waals surface area (Å²) in [5, 5.41) is 16.8. The molecule has 0 unspecified atom stereocenters. The number of hydrogen-bond donors (Lipinski definition) is 3. The van der Waals surface area contributed by atoms with Gasteiger partial charge >= 0.3 is 0 Å². The first kappa shape index (κ1) is 20.6. The SMILES string of the molecule is Cc1nc(CN2C[C@H]3CC(=O)NC[C@H]3C2)n(C)c1C.O=CO.O=CO. The van der Waals surface area contributed by atoms with Gasteiger partial charge in [0.1, 0.15) is 5.82 Å². The molecule has 3 N–H and O–H groups in total. The second kappa shape index (κ2) is 9.77. The molecule has 9 nitrogen and oxygen atoms in total. The molecule has 2 atom stereocenters. The van der Waals surface area contributed by atoms with Crippen LogP contribution in [0.1, 0.15) is 23.6 Å². The van der Waals surface area contributed by atoms with Gasteiger partial charge in [-0.15, -0.1) is 0 Å². The Labute approximate surface area is 146 Å². The third-order valence-corrected chi connectivity index (χ3v) is 4.74. The Balaban J connectivity index is 0.000000460. The zero-order valence-electron chi connectivity index (χ0n) is 14.8. The van der Waals surface area contributed by atoms with Crippen LogP contribution in [0.5, 0.6) is 0 Å². The van der Waals surface area contributed by atoms with Crippen molar-refractivity contribution in [3.05, 3.63) is 17.2 Å². The van der Waals surface area contributed by atoms with E-state index < -0.39 is 0 Å². The Hall–Kier alpha value is -2.42. The fraction of sp³-hybridized carbons (Fsp3) is 0.625. The quantitative estimate of drug-likeness (QED) is 0.639. The highest BCUT2D eigenvalue weighted by molar-refractivity contribution is 5.77. The van der Waals surface area contributed by atoms with E-state index in [9.17, 15) is 4.79 Å². The number of piperidine rings is 1. The van der Waals surface area contributed by atoms with Crippen molar-refractivity contribution in [1.82, 2.24) is 19.8 Å². The van der Waals surface area contributed by atoms with Crippen LogP contribution in [0.25, 0.3) is 0 Å². The van der Waals surface area contributed by atoms with E-state index in [1.807, 2.05) is 0 Å². The topological polar surface area (TPSA) is 125 Å². The van der Waals surface area contributed by atoms with E-state index in [4.69, 9.17) is 19.8 Å². The standard InChI is InChI=1S/C14H22N4O.2CH2O2/c1-9-10(2)17(3)13(16-9)8-18-6-11-4-14(19)15-5-12(11)7-18;2*2-1-3/h11-12H,4-8H2,1-3H3,(H,15,19);2*1H,(H,2,3)/t11-,12+;;/m1../s1. The predicted molar refractivity (Wildman–Crippen MR) is 90.0 cm³/mol. The number of rotatable bonds is 2. The van der Waals surface area contributed by atoms with Gasteiger partial charge in [-0.1, -0.05) is 0 Å². The Morgan fingerprint density at radius 1 is 1.20 bits per heavy atom. The molecule has 0 spiro atoms. The summed E-state index contributed by atoms with van der Waals surface area (Å²) in [4.78, 5) is 35.2. The highest BCUT2D eigenvalue weighted by Gasteiger charge is 2.37. The van der Waals surface area contributed by atoms with Crippen LogP contribution < -0.4 is 5.32 Å². The molecule has 3 rings (SSSR count). The highest BCUT2D eigenvalue weighted by Crippen LogP contribution is 2.29. The minimum atomic E-state index is -0.250. The van der Waals surface area contributed by atoms with E-state index in [0.29, 0.717) is 18.3 Å². The van der Waals surface area contributed by atoms with Crippen molar-refractivity contribution < 1.29 is 24.6 Å². The lowest BCUT2D eigenvalue weighted by Crippen LogP contribution is -2.39. The monoisotopic (exact) mass is 354 g/mol. The van der Waals surface area contributed by atoms with Gasteiger partial charge in [0.15, 0.2) is 0 Å². The summed E-state index contributed by atoms with van der Waals surface area (Å²) in [6.45, 7) is 7.52. The smallest absolute Gasteiger partial charge is 0.290 e. The van der Waals surface area contributed by atoms with Crippen molar-refractivity contribution >= 4 is 18.9 Å². The number of fused-ring (bicyclic) bond motifs is 1. The fourth-order valence-electron chi connectivity index (χ4n) is 3.31. The molecule has 0 radical (unpaired) electrons. The van der Waals surface area contributed by atoms with Gasteiger partial charge in [-0.2, -0.15) is 0 Å². The Kier molecular flexibility index (Phi) is 8.06. The lowest BCUT2D eigenvalue weighted by Gasteiger charge is -2.23. The van der Waals surface area contributed by atoms with Gasteiger partial charge in [0.2, 0.25) is 5.91 Å². The maximum Gasteiger partial charge on any atom is 0.290 e. The molecule has 2 fully saturated rings. The van der Waals surface area contributed by atoms with Crippen LogP contribution in [0.3, 0.4) is 0 Å². The van der Waals surface area contributed by atoms with Crippen molar-refractivity contribution in [2.75, 3.05) is 19.6 Å². The van der Waals surface area contributed by atoms with Gasteiger partial charge in [0.05, 0.1) is 12.2 Å². The molecule has 1 amide bonds. The molecule has 2 saturated heterocycles. The van der Waals surface area contributed by atoms with Crippen molar-refractivity contribution in [3.8, 4) is 0 Å². The van der Waals surface area contributed by atoms with E-state index in [0.717, 1.165) is 37.7 Å². The fourth-order valence-corrected chi connectivity index (χ4v) is 3.31. The molecule has 0 aromatic carbocycles. The third kappa shape index (κ3) is 5.56. The third-order valence-electron chi connectivity index (χ3n) is 4.74. The van der Waals surface area contributed by atoms with E-state index in [1.54, 1.807) is 0 Å². The zero-order chi connectivity index (χ0) is 19.0. The molecule has 1 aromatic rings. The van der Waals surface area contributed by atoms with E-state index in [1.165, 1.54) is 5.69 Å². The van der Waals surface area contributed by atoms with Crippen LogP contribution in [-0.4, -0.2) is 63.1 Å². The van der Waals surface area contributed by atoms with Crippen LogP contribution in [0.4, 0.5) is 0 Å². The number of hydrogen-bond acceptors (Lipinski definition) is 5. The van der Waals surface area contributed by atoms with Crippen molar-refractivity contribution in [2.24, 2.45) is 18.9 Å². The number of carbonyl (C=O) groups excluding carboxylic acids is 1. The van der Waals surface area contributed by atoms with Crippen LogP contribution in [-0.2, 0) is 28.0 Å². The van der Waals surface area contributed by atoms with Crippen LogP contribution >= 0.6 is 0 Å². The second-order valence-electron chi connectivity index (χ2n) is 6.19. The van der Waals surface area contributed by atoms with Gasteiger partial charge in [0.25, 0.3) is 12.9 Å². The normalized spacial score (nSPS) is 21.8. The van der Waals surface area contributed by atoms with Gasteiger partial charge in [-0.3, -0.25) is 19.3 Å². The first-order chi connectivity index (χ1) is 11.9. The molecule has 140 valence electrons. The van der Waals surface area contributed by atoms with Crippen molar-refractivity contribution in [2.45, 2.75) is 26.8 Å². The molecule has 25 heavy (non-hydrogen) atoms. The molecule has 0 saturated carbocycles. The molecular formula is C16H26N4O5. The minimum Gasteiger partial charge on any atom is -0.483 e. The summed E-state index contributed by atoms with van der Waals surface area (Å²) in [5.41, 5.74) is 2.36. The number of imidazole rings is 1. The number of aromatic nitrogens is 2. The first-order valence-corrected chi connectivity index (χ1v) is 8.01. The largest absolute Gasteiger partial charge is 0.483 e. The van der Waals surface area contributed by atoms with Crippen LogP contribution in [0, 0.1) is 25.7 Å². The van der Waals surface area contributed by atoms with Crippen molar-refractivity contribution in [1.29, 1.82) is 0 Å². The Morgan fingerprint density at radius 3 is 2.28 bits per heavy atom. The van der Waals surface area contributed by atoms with Gasteiger partial charge < -0.3 is 20.1 Å². The lowest BCUT2D eigenvalue weighted by molar-refractivity contribution is -0.124. The molecule has 2 aliphatic heterocycles. The van der Waals surface area contributed by atoms with Gasteiger partial charge in [-0.05, 0) is 25.7 Å². The molecule has 0 bridgehead atoms. The summed E-state index contributed by atoms with van der Waals surface area (Å²) < 4.78 is 2.18. The number of nitrogens with one attached hydrogen (secondary N) is 1. The Morgan fingerprint density at radius 2 is 1.76 bits per heavy atom. The van der Waals surface area contributed by atoms with E-state index in [-0.39, 0.29) is 18.9 Å². The molecule has 2 aliphatic rings. The molecule has 9 heteroatoms. The first-order valence-electron chi connectivity index (χ1n) is 8.01. The van der Waals surface area contributed by atoms with E-state index >= 15 is 0 Å². The van der Waals surface area contributed by atoms with Gasteiger partial charge in [-0.25, -0.2) is 4.98 Å². The minimum absolute atomic E-state index is 0.215. The van der Waals surface area contributed by atoms with Crippen LogP contribution in [0.2, 0.25) is 0 Å². The second-order valence-corrected chi connectivity index (χ2v) is 6.19. The number of amides is 1. The number of nitrogens with zero attached hydrogens (tertiary/aromatic N) is 3. The summed E-state index contributed by atoms with van der Waals surface area (Å²) >= 11 is 0. The van der Waals surface area contributed by atoms with Crippen molar-refractivity contribution in [3.63, 3.8) is 0 Å². The number of carboxylic acid groups (broad SMARTS) is 2. The average Bonchev–Trinajstić information content (AvgIpc) is 3.05. The maximum atomic E-state index is 11.4. The Bertz CT molecular complexity index is 596. The summed E-state index contributed by atoms with van der Waals surface area (Å²) in [6.07, 6.45) is 0.694. The predicted octanol–water partition coefficient (Wildman–Crippen LogP) is 0.00644. The zero-order valence-corrected chi connectivity index (χ0v) is 14.8. The molecule has 1 aromatic heterocycles. The maximum absolute atomic E-state index is 11.4. The summed E-state index contributed by atoms with van der Waals surface area (Å²) in [6, 6.07) is 0. The highest BCUT2D eigenvalue weighted by atomic mass is 16.3. The van der Waals surface area contributed by atoms with Crippen LogP contribution in [0.15, 0.2) is 0 Å². The molecule has 0 aliphatic carbocycles. The molecular weight excluding hydrogens is 328 g/mol. The number of aryl methyl sites for hydroxylation is 1. The molecule has 3 heterocycles.